The molecule has 4 heteroatoms. The fourth-order valence-electron chi connectivity index (χ4n) is 3.66. The molecule has 4 nitrogen and oxygen atoms in total. The average molecular weight is 378 g/mol. The molecule has 0 fully saturated rings. The van der Waals surface area contributed by atoms with E-state index in [0.717, 1.165) is 12.0 Å². The number of carbonyl (C=O) groups is 3. The Bertz CT molecular complexity index is 937. The van der Waals surface area contributed by atoms with E-state index < -0.39 is 0 Å². The first-order valence-corrected chi connectivity index (χ1v) is 9.73. The number of esters is 1. The topological polar surface area (TPSA) is 60.4 Å². The predicted octanol–water partition coefficient (Wildman–Crippen LogP) is 4.86. The Labute approximate surface area is 165 Å². The quantitative estimate of drug-likeness (QED) is 0.575. The van der Waals surface area contributed by atoms with Gasteiger partial charge in [-0.15, -0.1) is 0 Å². The van der Waals surface area contributed by atoms with E-state index in [4.69, 9.17) is 4.74 Å². The number of hydrogen-bond acceptors (Lipinski definition) is 4. The van der Waals surface area contributed by atoms with Crippen molar-refractivity contribution in [2.75, 3.05) is 0 Å². The van der Waals surface area contributed by atoms with Crippen LogP contribution in [0.2, 0.25) is 0 Å². The maximum absolute atomic E-state index is 12.9. The van der Waals surface area contributed by atoms with Crippen LogP contribution in [0.15, 0.2) is 42.5 Å². The lowest BCUT2D eigenvalue weighted by atomic mass is 9.76. The van der Waals surface area contributed by atoms with Crippen molar-refractivity contribution in [1.29, 1.82) is 0 Å². The summed E-state index contributed by atoms with van der Waals surface area (Å²) in [5, 5.41) is 0. The Kier molecular flexibility index (Phi) is 5.50. The second-order valence-electron chi connectivity index (χ2n) is 8.24. The van der Waals surface area contributed by atoms with Crippen LogP contribution in [0.25, 0.3) is 0 Å². The smallest absolute Gasteiger partial charge is 0.306 e. The number of carbonyl (C=O) groups excluding carboxylic acids is 3. The van der Waals surface area contributed by atoms with E-state index in [2.05, 4.69) is 13.8 Å². The third kappa shape index (κ3) is 3.91. The van der Waals surface area contributed by atoms with Gasteiger partial charge in [0.2, 0.25) is 0 Å². The van der Waals surface area contributed by atoms with E-state index in [1.165, 1.54) is 0 Å². The third-order valence-corrected chi connectivity index (χ3v) is 5.26. The van der Waals surface area contributed by atoms with Gasteiger partial charge < -0.3 is 4.74 Å². The Hall–Kier alpha value is -2.75. The third-order valence-electron chi connectivity index (χ3n) is 5.26. The normalized spacial score (nSPS) is 13.3. The summed E-state index contributed by atoms with van der Waals surface area (Å²) in [6.07, 6.45) is 1.74. The van der Waals surface area contributed by atoms with Crippen LogP contribution in [0, 0.1) is 0 Å². The minimum absolute atomic E-state index is 0.104. The maximum Gasteiger partial charge on any atom is 0.306 e. The summed E-state index contributed by atoms with van der Waals surface area (Å²) in [5.74, 6) is -0.400. The Balaban J connectivity index is 1.80. The monoisotopic (exact) mass is 378 g/mol. The van der Waals surface area contributed by atoms with Gasteiger partial charge in [-0.1, -0.05) is 44.2 Å². The second kappa shape index (κ2) is 7.70. The highest BCUT2D eigenvalue weighted by molar-refractivity contribution is 6.28. The summed E-state index contributed by atoms with van der Waals surface area (Å²) < 4.78 is 5.18. The van der Waals surface area contributed by atoms with Gasteiger partial charge in [-0.3, -0.25) is 14.4 Å². The van der Waals surface area contributed by atoms with E-state index in [9.17, 15) is 14.4 Å². The van der Waals surface area contributed by atoms with Gasteiger partial charge in [0.05, 0.1) is 6.10 Å². The Morgan fingerprint density at radius 2 is 1.50 bits per heavy atom. The summed E-state index contributed by atoms with van der Waals surface area (Å²) >= 11 is 0. The van der Waals surface area contributed by atoms with E-state index in [1.807, 2.05) is 26.0 Å². The average Bonchev–Trinajstić information content (AvgIpc) is 2.65. The highest BCUT2D eigenvalue weighted by Gasteiger charge is 2.31. The molecule has 0 bridgehead atoms. The SMILES string of the molecule is CC(C)OC(=O)CCCC(C)(C)c1ccc2c(c1)C(=O)c1ccccc1C2=O. The molecule has 28 heavy (non-hydrogen) atoms. The minimum atomic E-state index is -0.229. The molecule has 0 aliphatic heterocycles. The van der Waals surface area contributed by atoms with Gasteiger partial charge in [0.15, 0.2) is 11.6 Å². The van der Waals surface area contributed by atoms with Crippen molar-refractivity contribution in [2.45, 2.75) is 58.5 Å². The molecule has 0 N–H and O–H groups in total. The van der Waals surface area contributed by atoms with Gasteiger partial charge >= 0.3 is 5.97 Å². The van der Waals surface area contributed by atoms with E-state index in [0.29, 0.717) is 35.1 Å². The van der Waals surface area contributed by atoms with Crippen LogP contribution in [0.1, 0.15) is 84.4 Å². The van der Waals surface area contributed by atoms with Crippen LogP contribution in [0.5, 0.6) is 0 Å². The molecular formula is C24H26O4. The molecule has 2 aromatic carbocycles. The summed E-state index contributed by atoms with van der Waals surface area (Å²) in [4.78, 5) is 37.4. The van der Waals surface area contributed by atoms with Crippen LogP contribution >= 0.6 is 0 Å². The largest absolute Gasteiger partial charge is 0.463 e. The van der Waals surface area contributed by atoms with Crippen LogP contribution in [-0.2, 0) is 14.9 Å². The first-order chi connectivity index (χ1) is 13.2. The van der Waals surface area contributed by atoms with E-state index in [-0.39, 0.29) is 29.1 Å². The summed E-state index contributed by atoms with van der Waals surface area (Å²) in [6, 6.07) is 12.5. The highest BCUT2D eigenvalue weighted by atomic mass is 16.5. The van der Waals surface area contributed by atoms with E-state index >= 15 is 0 Å². The number of rotatable bonds is 6. The zero-order chi connectivity index (χ0) is 20.5. The number of hydrogen-bond donors (Lipinski definition) is 0. The van der Waals surface area contributed by atoms with Gasteiger partial charge in [0.25, 0.3) is 0 Å². The van der Waals surface area contributed by atoms with Gasteiger partial charge in [-0.05, 0) is 49.8 Å². The molecule has 0 unspecified atom stereocenters. The van der Waals surface area contributed by atoms with Gasteiger partial charge in [0, 0.05) is 28.7 Å². The zero-order valence-electron chi connectivity index (χ0n) is 16.9. The van der Waals surface area contributed by atoms with Gasteiger partial charge in [0.1, 0.15) is 0 Å². The van der Waals surface area contributed by atoms with Crippen molar-refractivity contribution >= 4 is 17.5 Å². The molecule has 2 aromatic rings. The zero-order valence-corrected chi connectivity index (χ0v) is 16.9. The maximum atomic E-state index is 12.9. The van der Waals surface area contributed by atoms with Crippen LogP contribution in [-0.4, -0.2) is 23.6 Å². The molecule has 0 saturated heterocycles. The summed E-state index contributed by atoms with van der Waals surface area (Å²) in [5.41, 5.74) is 2.62. The minimum Gasteiger partial charge on any atom is -0.463 e. The number of ether oxygens (including phenoxy) is 1. The van der Waals surface area contributed by atoms with Crippen molar-refractivity contribution in [3.05, 3.63) is 70.3 Å². The molecular weight excluding hydrogens is 352 g/mol. The number of fused-ring (bicyclic) bond motifs is 2. The molecule has 0 heterocycles. The molecule has 0 radical (unpaired) electrons. The Morgan fingerprint density at radius 1 is 0.929 bits per heavy atom. The standard InChI is InChI=1S/C24H26O4/c1-15(2)28-21(25)10-7-13-24(3,4)16-11-12-19-20(14-16)23(27)18-9-6-5-8-17(18)22(19)26/h5-6,8-9,11-12,14-15H,7,10,13H2,1-4H3. The fraction of sp³-hybridized carbons (Fsp3) is 0.375. The molecule has 0 atom stereocenters. The number of benzene rings is 2. The molecule has 1 aliphatic carbocycles. The fourth-order valence-corrected chi connectivity index (χ4v) is 3.66. The Morgan fingerprint density at radius 3 is 2.11 bits per heavy atom. The highest BCUT2D eigenvalue weighted by Crippen LogP contribution is 2.34. The summed E-state index contributed by atoms with van der Waals surface area (Å²) in [7, 11) is 0. The lowest BCUT2D eigenvalue weighted by molar-refractivity contribution is -0.147. The van der Waals surface area contributed by atoms with Crippen LogP contribution in [0.4, 0.5) is 0 Å². The van der Waals surface area contributed by atoms with E-state index in [1.54, 1.807) is 30.3 Å². The van der Waals surface area contributed by atoms with Crippen molar-refractivity contribution in [3.8, 4) is 0 Å². The van der Waals surface area contributed by atoms with Crippen molar-refractivity contribution < 1.29 is 19.1 Å². The van der Waals surface area contributed by atoms with Crippen molar-refractivity contribution in [1.82, 2.24) is 0 Å². The molecule has 0 saturated carbocycles. The molecule has 0 spiro atoms. The van der Waals surface area contributed by atoms with Crippen molar-refractivity contribution in [2.24, 2.45) is 0 Å². The summed E-state index contributed by atoms with van der Waals surface area (Å²) in [6.45, 7) is 7.86. The molecule has 0 amide bonds. The molecule has 146 valence electrons. The molecule has 3 rings (SSSR count). The lowest BCUT2D eigenvalue weighted by Crippen LogP contribution is -2.24. The van der Waals surface area contributed by atoms with Crippen molar-refractivity contribution in [3.63, 3.8) is 0 Å². The van der Waals surface area contributed by atoms with Gasteiger partial charge in [-0.25, -0.2) is 0 Å². The predicted molar refractivity (Wildman–Crippen MR) is 108 cm³/mol. The molecule has 1 aliphatic rings. The first kappa shape index (κ1) is 20.0. The number of ketones is 2. The van der Waals surface area contributed by atoms with Crippen LogP contribution < -0.4 is 0 Å². The first-order valence-electron chi connectivity index (χ1n) is 9.73. The van der Waals surface area contributed by atoms with Gasteiger partial charge in [-0.2, -0.15) is 0 Å². The molecule has 0 aromatic heterocycles. The second-order valence-corrected chi connectivity index (χ2v) is 8.24. The lowest BCUT2D eigenvalue weighted by Gasteiger charge is -2.27. The van der Waals surface area contributed by atoms with Crippen LogP contribution in [0.3, 0.4) is 0 Å².